The first-order valence-electron chi connectivity index (χ1n) is 5.17. The minimum atomic E-state index is -3.80. The summed E-state index contributed by atoms with van der Waals surface area (Å²) in [7, 11) is -3.80. The average Bonchev–Trinajstić information content (AvgIpc) is 2.92. The number of aromatic carboxylic acids is 1. The van der Waals surface area contributed by atoms with Crippen LogP contribution in [-0.4, -0.2) is 29.7 Å². The Morgan fingerprint density at radius 2 is 2.16 bits per heavy atom. The summed E-state index contributed by atoms with van der Waals surface area (Å²) in [6, 6.07) is 1.13. The molecule has 0 saturated heterocycles. The van der Waals surface area contributed by atoms with Crippen LogP contribution >= 0.6 is 11.3 Å². The highest BCUT2D eigenvalue weighted by atomic mass is 32.2. The molecule has 0 fully saturated rings. The van der Waals surface area contributed by atoms with Gasteiger partial charge in [-0.25, -0.2) is 13.2 Å². The number of hydrogen-bond donors (Lipinski definition) is 3. The molecule has 2 aromatic heterocycles. The third-order valence-corrected chi connectivity index (χ3v) is 5.24. The van der Waals surface area contributed by atoms with E-state index in [0.717, 1.165) is 17.4 Å². The van der Waals surface area contributed by atoms with Gasteiger partial charge < -0.3 is 5.11 Å². The van der Waals surface area contributed by atoms with Crippen LogP contribution in [0.1, 0.15) is 21.7 Å². The monoisotopic (exact) mass is 301 g/mol. The van der Waals surface area contributed by atoms with E-state index in [2.05, 4.69) is 14.9 Å². The molecule has 0 spiro atoms. The number of rotatable bonds is 4. The van der Waals surface area contributed by atoms with E-state index in [0.29, 0.717) is 17.1 Å². The number of aryl methyl sites for hydroxylation is 2. The molecule has 2 rings (SSSR count). The quantitative estimate of drug-likeness (QED) is 0.793. The van der Waals surface area contributed by atoms with E-state index in [1.54, 1.807) is 13.8 Å². The van der Waals surface area contributed by atoms with Crippen LogP contribution in [0, 0.1) is 13.8 Å². The summed E-state index contributed by atoms with van der Waals surface area (Å²) in [4.78, 5) is 10.7. The number of carboxylic acid groups (broad SMARTS) is 1. The zero-order chi connectivity index (χ0) is 14.2. The number of nitrogens with zero attached hydrogens (tertiary/aromatic N) is 1. The Morgan fingerprint density at radius 1 is 1.47 bits per heavy atom. The largest absolute Gasteiger partial charge is 0.478 e. The molecule has 3 N–H and O–H groups in total. The van der Waals surface area contributed by atoms with E-state index in [-0.39, 0.29) is 9.77 Å². The molecule has 102 valence electrons. The molecule has 0 aliphatic rings. The summed E-state index contributed by atoms with van der Waals surface area (Å²) >= 11 is 0.856. The molecule has 2 aromatic rings. The third kappa shape index (κ3) is 2.61. The molecular weight excluding hydrogens is 290 g/mol. The summed E-state index contributed by atoms with van der Waals surface area (Å²) < 4.78 is 26.6. The van der Waals surface area contributed by atoms with Crippen LogP contribution in [0.25, 0.3) is 0 Å². The fourth-order valence-corrected chi connectivity index (χ4v) is 3.79. The lowest BCUT2D eigenvalue weighted by atomic mass is 10.3. The minimum absolute atomic E-state index is 0.0500. The number of H-pyrrole nitrogens is 1. The average molecular weight is 301 g/mol. The Morgan fingerprint density at radius 3 is 2.63 bits per heavy atom. The number of carbonyl (C=O) groups is 1. The van der Waals surface area contributed by atoms with Crippen LogP contribution < -0.4 is 4.72 Å². The lowest BCUT2D eigenvalue weighted by Crippen LogP contribution is -2.12. The van der Waals surface area contributed by atoms with E-state index < -0.39 is 16.0 Å². The lowest BCUT2D eigenvalue weighted by molar-refractivity contribution is 0.0697. The van der Waals surface area contributed by atoms with Crippen molar-refractivity contribution in [1.82, 2.24) is 10.2 Å². The van der Waals surface area contributed by atoms with Gasteiger partial charge in [-0.15, -0.1) is 11.3 Å². The molecule has 0 aliphatic carbocycles. The maximum absolute atomic E-state index is 12.1. The molecule has 0 aromatic carbocycles. The molecule has 0 unspecified atom stereocenters. The van der Waals surface area contributed by atoms with Crippen molar-refractivity contribution < 1.29 is 18.3 Å². The second-order valence-corrected chi connectivity index (χ2v) is 6.69. The number of thiophene rings is 1. The van der Waals surface area contributed by atoms with E-state index in [1.807, 2.05) is 0 Å². The van der Waals surface area contributed by atoms with Crippen molar-refractivity contribution in [3.05, 3.63) is 28.4 Å². The summed E-state index contributed by atoms with van der Waals surface area (Å²) in [6.45, 7) is 3.35. The Balaban J connectivity index is 2.35. The molecule has 0 saturated carbocycles. The molecule has 0 atom stereocenters. The van der Waals surface area contributed by atoms with Gasteiger partial charge in [-0.2, -0.15) is 5.10 Å². The van der Waals surface area contributed by atoms with Gasteiger partial charge in [-0.05, 0) is 19.9 Å². The van der Waals surface area contributed by atoms with Crippen LogP contribution in [0.15, 0.2) is 15.7 Å². The predicted octanol–water partition coefficient (Wildman–Crippen LogP) is 1.59. The number of sulfonamides is 1. The first-order chi connectivity index (χ1) is 8.81. The highest BCUT2D eigenvalue weighted by molar-refractivity contribution is 7.94. The number of aromatic amines is 1. The van der Waals surface area contributed by atoms with Crippen LogP contribution in [0.4, 0.5) is 5.69 Å². The topological polar surface area (TPSA) is 112 Å². The van der Waals surface area contributed by atoms with Crippen LogP contribution in [0.2, 0.25) is 0 Å². The van der Waals surface area contributed by atoms with Gasteiger partial charge in [-0.3, -0.25) is 9.82 Å². The van der Waals surface area contributed by atoms with E-state index >= 15 is 0 Å². The van der Waals surface area contributed by atoms with Crippen molar-refractivity contribution in [2.24, 2.45) is 0 Å². The molecule has 0 aliphatic heterocycles. The summed E-state index contributed by atoms with van der Waals surface area (Å²) in [5.41, 5.74) is 1.45. The fraction of sp³-hybridized carbons (Fsp3) is 0.200. The first-order valence-corrected chi connectivity index (χ1v) is 7.54. The number of carboxylic acids is 1. The maximum atomic E-state index is 12.1. The van der Waals surface area contributed by atoms with Gasteiger partial charge in [0.2, 0.25) is 0 Å². The Labute approximate surface area is 113 Å². The van der Waals surface area contributed by atoms with Gasteiger partial charge in [0.1, 0.15) is 4.21 Å². The molecule has 7 nitrogen and oxygen atoms in total. The zero-order valence-electron chi connectivity index (χ0n) is 10.1. The smallest absolute Gasteiger partial charge is 0.336 e. The Hall–Kier alpha value is -1.87. The van der Waals surface area contributed by atoms with Gasteiger partial charge in [0, 0.05) is 5.38 Å². The van der Waals surface area contributed by atoms with Crippen LogP contribution in [0.5, 0.6) is 0 Å². The summed E-state index contributed by atoms with van der Waals surface area (Å²) in [6.07, 6.45) is 0. The van der Waals surface area contributed by atoms with Gasteiger partial charge in [0.25, 0.3) is 10.0 Å². The number of anilines is 1. The second-order valence-electron chi connectivity index (χ2n) is 3.87. The zero-order valence-corrected chi connectivity index (χ0v) is 11.7. The SMILES string of the molecule is Cc1n[nH]c(C)c1NS(=O)(=O)c1cc(C(=O)O)cs1. The molecular formula is C10H11N3O4S2. The third-order valence-electron chi connectivity index (χ3n) is 2.45. The van der Waals surface area contributed by atoms with Crippen LogP contribution in [-0.2, 0) is 10.0 Å². The molecule has 2 heterocycles. The molecule has 0 bridgehead atoms. The van der Waals surface area contributed by atoms with Crippen molar-refractivity contribution >= 4 is 33.0 Å². The number of hydrogen-bond acceptors (Lipinski definition) is 5. The minimum Gasteiger partial charge on any atom is -0.478 e. The predicted molar refractivity (Wildman–Crippen MR) is 70.1 cm³/mol. The number of nitrogens with one attached hydrogen (secondary N) is 2. The highest BCUT2D eigenvalue weighted by Crippen LogP contribution is 2.25. The van der Waals surface area contributed by atoms with Crippen molar-refractivity contribution in [3.8, 4) is 0 Å². The summed E-state index contributed by atoms with van der Waals surface area (Å²) in [5, 5.41) is 16.6. The highest BCUT2D eigenvalue weighted by Gasteiger charge is 2.21. The van der Waals surface area contributed by atoms with Crippen molar-refractivity contribution in [2.75, 3.05) is 4.72 Å². The lowest BCUT2D eigenvalue weighted by Gasteiger charge is -2.05. The van der Waals surface area contributed by atoms with Gasteiger partial charge in [0.15, 0.2) is 0 Å². The van der Waals surface area contributed by atoms with Crippen molar-refractivity contribution in [3.63, 3.8) is 0 Å². The molecule has 19 heavy (non-hydrogen) atoms. The first kappa shape index (κ1) is 13.6. The normalized spacial score (nSPS) is 11.5. The van der Waals surface area contributed by atoms with Gasteiger partial charge >= 0.3 is 5.97 Å². The van der Waals surface area contributed by atoms with E-state index in [9.17, 15) is 13.2 Å². The molecule has 0 radical (unpaired) electrons. The van der Waals surface area contributed by atoms with Crippen molar-refractivity contribution in [1.29, 1.82) is 0 Å². The fourth-order valence-electron chi connectivity index (χ4n) is 1.46. The molecule has 0 amide bonds. The second kappa shape index (κ2) is 4.67. The Bertz CT molecular complexity index is 710. The standard InChI is InChI=1S/C10H11N3O4S2/c1-5-9(6(2)12-11-5)13-19(16,17)8-3-7(4-18-8)10(14)15/h3-4,13H,1-2H3,(H,11,12)(H,14,15). The summed E-state index contributed by atoms with van der Waals surface area (Å²) in [5.74, 6) is -1.16. The number of aromatic nitrogens is 2. The van der Waals surface area contributed by atoms with E-state index in [1.165, 1.54) is 5.38 Å². The van der Waals surface area contributed by atoms with Crippen LogP contribution in [0.3, 0.4) is 0 Å². The van der Waals surface area contributed by atoms with E-state index in [4.69, 9.17) is 5.11 Å². The maximum Gasteiger partial charge on any atom is 0.336 e. The van der Waals surface area contributed by atoms with Gasteiger partial charge in [-0.1, -0.05) is 0 Å². The molecule has 9 heteroatoms. The van der Waals surface area contributed by atoms with Gasteiger partial charge in [0.05, 0.1) is 22.6 Å². The van der Waals surface area contributed by atoms with Crippen molar-refractivity contribution in [2.45, 2.75) is 18.1 Å². The Kier molecular flexibility index (Phi) is 3.33.